The van der Waals surface area contributed by atoms with Gasteiger partial charge in [-0.15, -0.1) is 0 Å². The van der Waals surface area contributed by atoms with Gasteiger partial charge in [-0.05, 0) is 74.1 Å². The van der Waals surface area contributed by atoms with E-state index in [-0.39, 0.29) is 10.8 Å². The molecule has 0 unspecified atom stereocenters. The number of benzene rings is 1. The van der Waals surface area contributed by atoms with Crippen LogP contribution in [0.2, 0.25) is 0 Å². The van der Waals surface area contributed by atoms with Gasteiger partial charge in [0, 0.05) is 25.1 Å². The van der Waals surface area contributed by atoms with Gasteiger partial charge in [0.25, 0.3) is 10.0 Å². The lowest BCUT2D eigenvalue weighted by Crippen LogP contribution is -2.30. The van der Waals surface area contributed by atoms with Crippen molar-refractivity contribution in [2.75, 3.05) is 11.9 Å². The maximum absolute atomic E-state index is 12.6. The van der Waals surface area contributed by atoms with E-state index in [0.29, 0.717) is 36.8 Å². The molecule has 1 amide bonds. The fourth-order valence-electron chi connectivity index (χ4n) is 4.97. The number of sulfonamides is 1. The number of aliphatic imine (C=N–C) groups is 1. The Morgan fingerprint density at radius 1 is 1.07 bits per heavy atom. The molecule has 0 radical (unpaired) electrons. The van der Waals surface area contributed by atoms with E-state index in [1.54, 1.807) is 12.1 Å². The number of carbonyl (C=O) groups excluding carboxylic acids is 1. The maximum atomic E-state index is 12.6. The van der Waals surface area contributed by atoms with Gasteiger partial charge in [0.15, 0.2) is 0 Å². The van der Waals surface area contributed by atoms with Gasteiger partial charge in [-0.1, -0.05) is 12.8 Å². The second-order valence-corrected chi connectivity index (χ2v) is 10.1. The molecule has 7 heteroatoms. The number of nitrogens with zero attached hydrogens (tertiary/aromatic N) is 1. The first-order valence-electron chi connectivity index (χ1n) is 10.5. The molecule has 2 N–H and O–H groups in total. The van der Waals surface area contributed by atoms with Gasteiger partial charge in [0.2, 0.25) is 5.91 Å². The van der Waals surface area contributed by atoms with Gasteiger partial charge >= 0.3 is 0 Å². The van der Waals surface area contributed by atoms with Crippen LogP contribution in [-0.2, 0) is 14.8 Å². The summed E-state index contributed by atoms with van der Waals surface area (Å²) in [4.78, 5) is 16.9. The van der Waals surface area contributed by atoms with Crippen molar-refractivity contribution in [3.05, 3.63) is 24.3 Å². The van der Waals surface area contributed by atoms with E-state index in [2.05, 4.69) is 15.0 Å². The zero-order valence-electron chi connectivity index (χ0n) is 16.2. The molecule has 4 rings (SSSR count). The predicted molar refractivity (Wildman–Crippen MR) is 110 cm³/mol. The average molecular weight is 404 g/mol. The number of amidine groups is 1. The largest absolute Gasteiger partial charge is 0.326 e. The zero-order chi connectivity index (χ0) is 19.6. The van der Waals surface area contributed by atoms with E-state index < -0.39 is 10.0 Å². The van der Waals surface area contributed by atoms with Gasteiger partial charge in [-0.3, -0.25) is 14.5 Å². The van der Waals surface area contributed by atoms with Crippen molar-refractivity contribution in [1.82, 2.24) is 4.72 Å². The highest BCUT2D eigenvalue weighted by atomic mass is 32.2. The maximum Gasteiger partial charge on any atom is 0.262 e. The van der Waals surface area contributed by atoms with Crippen LogP contribution in [0.15, 0.2) is 34.2 Å². The smallest absolute Gasteiger partial charge is 0.262 e. The van der Waals surface area contributed by atoms with Crippen LogP contribution in [0.25, 0.3) is 0 Å². The normalized spacial score (nSPS) is 27.1. The van der Waals surface area contributed by atoms with Crippen molar-refractivity contribution in [1.29, 1.82) is 0 Å². The summed E-state index contributed by atoms with van der Waals surface area (Å²) < 4.78 is 27.8. The number of carbonyl (C=O) groups is 1. The molecule has 1 aliphatic heterocycles. The minimum Gasteiger partial charge on any atom is -0.326 e. The third-order valence-corrected chi connectivity index (χ3v) is 7.80. The highest BCUT2D eigenvalue weighted by Gasteiger charge is 2.40. The summed E-state index contributed by atoms with van der Waals surface area (Å²) in [7, 11) is -3.64. The molecule has 2 aliphatic carbocycles. The minimum atomic E-state index is -3.64. The highest BCUT2D eigenvalue weighted by molar-refractivity contribution is 7.90. The van der Waals surface area contributed by atoms with Crippen molar-refractivity contribution in [2.24, 2.45) is 22.7 Å². The first kappa shape index (κ1) is 19.4. The van der Waals surface area contributed by atoms with Crippen molar-refractivity contribution in [3.8, 4) is 0 Å². The molecule has 1 aromatic rings. The Kier molecular flexibility index (Phi) is 5.71. The topological polar surface area (TPSA) is 87.6 Å². The van der Waals surface area contributed by atoms with E-state index in [9.17, 15) is 13.2 Å². The van der Waals surface area contributed by atoms with Crippen LogP contribution < -0.4 is 10.0 Å². The van der Waals surface area contributed by atoms with E-state index >= 15 is 0 Å². The third-order valence-electron chi connectivity index (χ3n) is 6.41. The summed E-state index contributed by atoms with van der Waals surface area (Å²) in [5.74, 6) is 2.64. The number of fused-ring (bicyclic) bond motifs is 2. The highest BCUT2D eigenvalue weighted by Crippen LogP contribution is 2.49. The van der Waals surface area contributed by atoms with Gasteiger partial charge in [-0.25, -0.2) is 8.42 Å². The standard InChI is InChI=1S/C21H29N3O3S/c25-21(14-17-13-15-5-6-16(17)12-15)23-18-7-9-19(10-8-18)28(26,27)24-20-4-2-1-3-11-22-20/h7-10,15-17H,1-6,11-14H2,(H,22,24)(H,23,25)/t15-,16+,17-/m0/s1. The number of hydrogen-bond acceptors (Lipinski definition) is 4. The number of hydrogen-bond donors (Lipinski definition) is 2. The van der Waals surface area contributed by atoms with Crippen LogP contribution in [0.3, 0.4) is 0 Å². The first-order chi connectivity index (χ1) is 13.5. The van der Waals surface area contributed by atoms with Crippen LogP contribution in [-0.4, -0.2) is 26.7 Å². The monoisotopic (exact) mass is 403 g/mol. The lowest BCUT2D eigenvalue weighted by molar-refractivity contribution is -0.117. The summed E-state index contributed by atoms with van der Waals surface area (Å²) in [6.07, 6.45) is 9.35. The quantitative estimate of drug-likeness (QED) is 0.786. The lowest BCUT2D eigenvalue weighted by atomic mass is 9.86. The van der Waals surface area contributed by atoms with Crippen LogP contribution >= 0.6 is 0 Å². The molecule has 3 atom stereocenters. The van der Waals surface area contributed by atoms with E-state index in [4.69, 9.17) is 0 Å². The molecule has 28 heavy (non-hydrogen) atoms. The lowest BCUT2D eigenvalue weighted by Gasteiger charge is -2.20. The Bertz CT molecular complexity index is 848. The molecule has 2 bridgehead atoms. The second kappa shape index (κ2) is 8.23. The number of anilines is 1. The van der Waals surface area contributed by atoms with Gasteiger partial charge in [0.1, 0.15) is 5.84 Å². The molecule has 0 aromatic heterocycles. The van der Waals surface area contributed by atoms with Crippen LogP contribution in [0.1, 0.15) is 57.8 Å². The third kappa shape index (κ3) is 4.57. The molecule has 0 spiro atoms. The van der Waals surface area contributed by atoms with E-state index in [0.717, 1.165) is 31.1 Å². The fraction of sp³-hybridized carbons (Fsp3) is 0.619. The molecule has 2 fully saturated rings. The van der Waals surface area contributed by atoms with Gasteiger partial charge in [-0.2, -0.15) is 0 Å². The average Bonchev–Trinajstić information content (AvgIpc) is 3.18. The summed E-state index contributed by atoms with van der Waals surface area (Å²) in [5, 5.41) is 2.92. The molecule has 0 saturated heterocycles. The fourth-order valence-corrected chi connectivity index (χ4v) is 6.05. The molecule has 3 aliphatic rings. The Balaban J connectivity index is 1.33. The number of rotatable bonds is 5. The number of nitrogens with one attached hydrogen (secondary N) is 2. The Morgan fingerprint density at radius 3 is 2.61 bits per heavy atom. The van der Waals surface area contributed by atoms with Crippen molar-refractivity contribution >= 4 is 27.5 Å². The molecule has 6 nitrogen and oxygen atoms in total. The van der Waals surface area contributed by atoms with Crippen LogP contribution in [0, 0.1) is 17.8 Å². The SMILES string of the molecule is O=C(C[C@@H]1C[C@H]2CC[C@@H]1C2)Nc1ccc(S(=O)(=O)NC2=NCCCCC2)cc1. The first-order valence-corrected chi connectivity index (χ1v) is 11.9. The summed E-state index contributed by atoms with van der Waals surface area (Å²) in [6.45, 7) is 0.672. The van der Waals surface area contributed by atoms with Gasteiger partial charge < -0.3 is 5.32 Å². The molecule has 1 aromatic carbocycles. The Morgan fingerprint density at radius 2 is 1.89 bits per heavy atom. The molecule has 2 saturated carbocycles. The summed E-state index contributed by atoms with van der Waals surface area (Å²) in [6, 6.07) is 6.38. The Hall–Kier alpha value is -1.89. The van der Waals surface area contributed by atoms with E-state index in [1.807, 2.05) is 0 Å². The molecular weight excluding hydrogens is 374 g/mol. The number of amides is 1. The molecule has 1 heterocycles. The zero-order valence-corrected chi connectivity index (χ0v) is 17.0. The van der Waals surface area contributed by atoms with E-state index in [1.165, 1.54) is 37.8 Å². The van der Waals surface area contributed by atoms with Crippen molar-refractivity contribution in [3.63, 3.8) is 0 Å². The summed E-state index contributed by atoms with van der Waals surface area (Å²) >= 11 is 0. The minimum absolute atomic E-state index is 0.0269. The van der Waals surface area contributed by atoms with Crippen LogP contribution in [0.5, 0.6) is 0 Å². The van der Waals surface area contributed by atoms with Gasteiger partial charge in [0.05, 0.1) is 4.90 Å². The van der Waals surface area contributed by atoms with Crippen molar-refractivity contribution in [2.45, 2.75) is 62.7 Å². The van der Waals surface area contributed by atoms with Crippen molar-refractivity contribution < 1.29 is 13.2 Å². The molecular formula is C21H29N3O3S. The molecule has 152 valence electrons. The summed E-state index contributed by atoms with van der Waals surface area (Å²) in [5.41, 5.74) is 0.638. The predicted octanol–water partition coefficient (Wildman–Crippen LogP) is 3.70. The van der Waals surface area contributed by atoms with Crippen LogP contribution in [0.4, 0.5) is 5.69 Å². The Labute approximate surface area is 167 Å². The second-order valence-electron chi connectivity index (χ2n) is 8.46.